The number of H-pyrrole nitrogens is 1. The first-order chi connectivity index (χ1) is 8.31. The maximum absolute atomic E-state index is 11.7. The molecule has 0 aromatic carbocycles. The van der Waals surface area contributed by atoms with Gasteiger partial charge >= 0.3 is 0 Å². The quantitative estimate of drug-likeness (QED) is 0.667. The van der Waals surface area contributed by atoms with Gasteiger partial charge in [0.1, 0.15) is 5.69 Å². The summed E-state index contributed by atoms with van der Waals surface area (Å²) in [7, 11) is 0. The summed E-state index contributed by atoms with van der Waals surface area (Å²) in [4.78, 5) is 14.7. The minimum absolute atomic E-state index is 0.125. The summed E-state index contributed by atoms with van der Waals surface area (Å²) in [5.74, 6) is -0.125. The average molecular weight is 236 g/mol. The van der Waals surface area contributed by atoms with E-state index in [4.69, 9.17) is 9.52 Å². The number of rotatable bonds is 6. The molecule has 0 saturated carbocycles. The number of fused-ring (bicyclic) bond motifs is 1. The standard InChI is InChI=1S/C12H16N2O3/c15-6-3-1-2-5-13-12(16)10-8-11-9(14-10)4-7-17-11/h4,7-8,14-15H,1-3,5-6H2,(H,13,16). The van der Waals surface area contributed by atoms with Crippen LogP contribution in [-0.2, 0) is 0 Å². The molecule has 0 atom stereocenters. The first-order valence-corrected chi connectivity index (χ1v) is 5.76. The monoisotopic (exact) mass is 236 g/mol. The van der Waals surface area contributed by atoms with E-state index in [1.165, 1.54) is 0 Å². The van der Waals surface area contributed by atoms with Crippen molar-refractivity contribution >= 4 is 17.0 Å². The molecule has 2 aromatic heterocycles. The maximum atomic E-state index is 11.7. The van der Waals surface area contributed by atoms with E-state index in [-0.39, 0.29) is 12.5 Å². The van der Waals surface area contributed by atoms with Crippen LogP contribution in [0.1, 0.15) is 29.8 Å². The molecule has 5 heteroatoms. The van der Waals surface area contributed by atoms with Gasteiger partial charge in [-0.05, 0) is 19.3 Å². The van der Waals surface area contributed by atoms with E-state index in [0.717, 1.165) is 24.8 Å². The number of carbonyl (C=O) groups excluding carboxylic acids is 1. The molecule has 0 saturated heterocycles. The molecule has 0 bridgehead atoms. The van der Waals surface area contributed by atoms with E-state index >= 15 is 0 Å². The Morgan fingerprint density at radius 1 is 1.41 bits per heavy atom. The normalized spacial score (nSPS) is 10.9. The third kappa shape index (κ3) is 2.88. The Morgan fingerprint density at radius 3 is 3.06 bits per heavy atom. The molecule has 0 unspecified atom stereocenters. The van der Waals surface area contributed by atoms with Crippen LogP contribution < -0.4 is 5.32 Å². The number of nitrogens with one attached hydrogen (secondary N) is 2. The number of amides is 1. The van der Waals surface area contributed by atoms with E-state index in [1.54, 1.807) is 18.4 Å². The number of aromatic amines is 1. The van der Waals surface area contributed by atoms with Crippen LogP contribution >= 0.6 is 0 Å². The third-order valence-electron chi connectivity index (χ3n) is 2.61. The van der Waals surface area contributed by atoms with Gasteiger partial charge in [-0.25, -0.2) is 0 Å². The first-order valence-electron chi connectivity index (χ1n) is 5.76. The molecular formula is C12H16N2O3. The molecule has 2 heterocycles. The largest absolute Gasteiger partial charge is 0.463 e. The molecule has 5 nitrogen and oxygen atoms in total. The summed E-state index contributed by atoms with van der Waals surface area (Å²) in [5, 5.41) is 11.4. The number of carbonyl (C=O) groups is 1. The highest BCUT2D eigenvalue weighted by Crippen LogP contribution is 2.15. The van der Waals surface area contributed by atoms with E-state index in [1.807, 2.05) is 0 Å². The Kier molecular flexibility index (Phi) is 3.82. The summed E-state index contributed by atoms with van der Waals surface area (Å²) in [6.07, 6.45) is 4.16. The predicted molar refractivity (Wildman–Crippen MR) is 63.8 cm³/mol. The van der Waals surface area contributed by atoms with Crippen molar-refractivity contribution in [2.24, 2.45) is 0 Å². The number of hydrogen-bond acceptors (Lipinski definition) is 3. The van der Waals surface area contributed by atoms with E-state index < -0.39 is 0 Å². The lowest BCUT2D eigenvalue weighted by Gasteiger charge is -2.02. The molecule has 2 rings (SSSR count). The molecular weight excluding hydrogens is 220 g/mol. The summed E-state index contributed by atoms with van der Waals surface area (Å²) >= 11 is 0. The zero-order valence-corrected chi connectivity index (χ0v) is 9.53. The Morgan fingerprint density at radius 2 is 2.29 bits per heavy atom. The Bertz CT molecular complexity index is 458. The van der Waals surface area contributed by atoms with Crippen molar-refractivity contribution in [1.29, 1.82) is 0 Å². The fraction of sp³-hybridized carbons (Fsp3) is 0.417. The zero-order valence-electron chi connectivity index (χ0n) is 9.53. The highest BCUT2D eigenvalue weighted by Gasteiger charge is 2.09. The average Bonchev–Trinajstić information content (AvgIpc) is 2.88. The number of hydrogen-bond donors (Lipinski definition) is 3. The number of aromatic nitrogens is 1. The van der Waals surface area contributed by atoms with Crippen LogP contribution in [0.25, 0.3) is 11.1 Å². The second-order valence-corrected chi connectivity index (χ2v) is 3.92. The topological polar surface area (TPSA) is 78.3 Å². The highest BCUT2D eigenvalue weighted by atomic mass is 16.3. The van der Waals surface area contributed by atoms with Crippen molar-refractivity contribution in [2.75, 3.05) is 13.2 Å². The van der Waals surface area contributed by atoms with Crippen LogP contribution in [0.4, 0.5) is 0 Å². The Balaban J connectivity index is 1.81. The van der Waals surface area contributed by atoms with Crippen molar-refractivity contribution in [1.82, 2.24) is 10.3 Å². The Hall–Kier alpha value is -1.75. The number of aliphatic hydroxyl groups excluding tert-OH is 1. The van der Waals surface area contributed by atoms with Crippen LogP contribution in [0.5, 0.6) is 0 Å². The van der Waals surface area contributed by atoms with Crippen LogP contribution in [0, 0.1) is 0 Å². The molecule has 17 heavy (non-hydrogen) atoms. The molecule has 0 radical (unpaired) electrons. The van der Waals surface area contributed by atoms with Crippen molar-refractivity contribution in [3.8, 4) is 0 Å². The summed E-state index contributed by atoms with van der Waals surface area (Å²) in [6.45, 7) is 0.834. The lowest BCUT2D eigenvalue weighted by atomic mass is 10.2. The SMILES string of the molecule is O=C(NCCCCCO)c1cc2occc2[nH]1. The lowest BCUT2D eigenvalue weighted by Crippen LogP contribution is -2.24. The van der Waals surface area contributed by atoms with Gasteiger partial charge in [0.15, 0.2) is 5.58 Å². The van der Waals surface area contributed by atoms with Crippen molar-refractivity contribution < 1.29 is 14.3 Å². The first kappa shape index (κ1) is 11.7. The van der Waals surface area contributed by atoms with Gasteiger partial charge in [-0.1, -0.05) is 0 Å². The van der Waals surface area contributed by atoms with Gasteiger partial charge in [0.2, 0.25) is 0 Å². The van der Waals surface area contributed by atoms with Crippen LogP contribution in [0.3, 0.4) is 0 Å². The third-order valence-corrected chi connectivity index (χ3v) is 2.61. The molecule has 0 aliphatic carbocycles. The maximum Gasteiger partial charge on any atom is 0.267 e. The van der Waals surface area contributed by atoms with Gasteiger partial charge in [-0.3, -0.25) is 4.79 Å². The molecule has 0 spiro atoms. The molecule has 3 N–H and O–H groups in total. The van der Waals surface area contributed by atoms with E-state index in [0.29, 0.717) is 17.8 Å². The molecule has 1 amide bonds. The van der Waals surface area contributed by atoms with Gasteiger partial charge < -0.3 is 19.8 Å². The van der Waals surface area contributed by atoms with Gasteiger partial charge in [0.05, 0.1) is 11.8 Å². The lowest BCUT2D eigenvalue weighted by molar-refractivity contribution is 0.0948. The smallest absolute Gasteiger partial charge is 0.267 e. The molecule has 0 fully saturated rings. The molecule has 0 aliphatic heterocycles. The summed E-state index contributed by atoms with van der Waals surface area (Å²) in [6, 6.07) is 3.48. The van der Waals surface area contributed by atoms with Crippen molar-refractivity contribution in [2.45, 2.75) is 19.3 Å². The Labute approximate surface area is 98.8 Å². The van der Waals surface area contributed by atoms with E-state index in [2.05, 4.69) is 10.3 Å². The van der Waals surface area contributed by atoms with Gasteiger partial charge in [0.25, 0.3) is 5.91 Å². The fourth-order valence-electron chi connectivity index (χ4n) is 1.68. The van der Waals surface area contributed by atoms with Gasteiger partial charge in [-0.15, -0.1) is 0 Å². The number of furan rings is 1. The van der Waals surface area contributed by atoms with Crippen molar-refractivity contribution in [3.05, 3.63) is 24.1 Å². The van der Waals surface area contributed by atoms with E-state index in [9.17, 15) is 4.79 Å². The second kappa shape index (κ2) is 5.54. The minimum Gasteiger partial charge on any atom is -0.463 e. The molecule has 0 aliphatic rings. The second-order valence-electron chi connectivity index (χ2n) is 3.92. The molecule has 2 aromatic rings. The number of aliphatic hydroxyl groups is 1. The fourth-order valence-corrected chi connectivity index (χ4v) is 1.68. The minimum atomic E-state index is -0.125. The summed E-state index contributed by atoms with van der Waals surface area (Å²) < 4.78 is 5.17. The van der Waals surface area contributed by atoms with Gasteiger partial charge in [-0.2, -0.15) is 0 Å². The highest BCUT2D eigenvalue weighted by molar-refractivity contribution is 5.96. The van der Waals surface area contributed by atoms with Crippen LogP contribution in [-0.4, -0.2) is 29.1 Å². The van der Waals surface area contributed by atoms with Crippen molar-refractivity contribution in [3.63, 3.8) is 0 Å². The van der Waals surface area contributed by atoms with Gasteiger partial charge in [0, 0.05) is 25.3 Å². The number of unbranched alkanes of at least 4 members (excludes halogenated alkanes) is 2. The molecule has 92 valence electrons. The predicted octanol–water partition coefficient (Wildman–Crippen LogP) is 1.65. The van der Waals surface area contributed by atoms with Crippen LogP contribution in [0.2, 0.25) is 0 Å². The van der Waals surface area contributed by atoms with Crippen LogP contribution in [0.15, 0.2) is 22.8 Å². The summed E-state index contributed by atoms with van der Waals surface area (Å²) in [5.41, 5.74) is 2.03. The zero-order chi connectivity index (χ0) is 12.1.